The molecule has 14 heteroatoms. The van der Waals surface area contributed by atoms with Crippen LogP contribution in [0.5, 0.6) is 0 Å². The van der Waals surface area contributed by atoms with Gasteiger partial charge < -0.3 is 24.8 Å². The number of ether oxygens (including phenoxy) is 3. The molecule has 256 valence electrons. The minimum absolute atomic E-state index is 0. The molecule has 5 atom stereocenters. The van der Waals surface area contributed by atoms with Crippen molar-refractivity contribution in [2.75, 3.05) is 0 Å². The molecule has 0 bridgehead atoms. The van der Waals surface area contributed by atoms with Crippen molar-refractivity contribution < 1.29 is 55.3 Å². The van der Waals surface area contributed by atoms with Crippen molar-refractivity contribution in [3.63, 3.8) is 0 Å². The fourth-order valence-corrected chi connectivity index (χ4v) is 6.01. The molecule has 0 spiro atoms. The smallest absolute Gasteiger partial charge is 0.870 e. The number of carbonyl (C=O) groups excluding carboxylic acids is 3. The zero-order chi connectivity index (χ0) is 31.8. The van der Waals surface area contributed by atoms with E-state index in [0.29, 0.717) is 43.0 Å². The van der Waals surface area contributed by atoms with Crippen LogP contribution in [-0.4, -0.2) is 40.4 Å². The monoisotopic (exact) mass is 1290 g/mol. The first kappa shape index (κ1) is 45.7. The van der Waals surface area contributed by atoms with Crippen LogP contribution in [0.3, 0.4) is 0 Å². The molecule has 3 aliphatic carbocycles. The second-order valence-corrected chi connectivity index (χ2v) is 27.9. The van der Waals surface area contributed by atoms with Crippen LogP contribution in [0.2, 0.25) is 0 Å². The Kier molecular flexibility index (Phi) is 22.5. The van der Waals surface area contributed by atoms with E-state index in [2.05, 4.69) is 95.2 Å². The minimum atomic E-state index is -1.27. The molecule has 5 unspecified atom stereocenters. The van der Waals surface area contributed by atoms with Crippen molar-refractivity contribution in [2.45, 2.75) is 105 Å². The molecular formula is C30H45I6O8-. The van der Waals surface area contributed by atoms with Gasteiger partial charge >= 0.3 is 69.8 Å². The Balaban J connectivity index is -0.000000541. The Morgan fingerprint density at radius 3 is 2.11 bits per heavy atom. The van der Waals surface area contributed by atoms with Gasteiger partial charge in [0.1, 0.15) is 11.9 Å². The number of halogens is 6. The Hall–Kier alpha value is 1.67. The van der Waals surface area contributed by atoms with Crippen molar-refractivity contribution >= 4 is 116 Å². The number of hydrogen-bond acceptors (Lipinski definition) is 8. The molecule has 2 fully saturated rings. The number of fused-ring (bicyclic) bond motifs is 3. The summed E-state index contributed by atoms with van der Waals surface area (Å²) in [6.45, 7) is 11.9. The van der Waals surface area contributed by atoms with Gasteiger partial charge in [-0.1, -0.05) is 20.8 Å². The van der Waals surface area contributed by atoms with Gasteiger partial charge in [0.2, 0.25) is 5.79 Å². The Morgan fingerprint density at radius 1 is 0.909 bits per heavy atom. The molecule has 3 aliphatic heterocycles. The second kappa shape index (κ2) is 21.7. The molecular weight excluding hydrogens is 1250 g/mol. The van der Waals surface area contributed by atoms with Crippen LogP contribution < -0.4 is 13.3 Å². The van der Waals surface area contributed by atoms with Crippen LogP contribution in [0.1, 0.15) is 95.8 Å². The van der Waals surface area contributed by atoms with Gasteiger partial charge in [0.25, 0.3) is 0 Å². The van der Waals surface area contributed by atoms with Crippen LogP contribution in [0.4, 0.5) is 0 Å². The molecule has 0 aromatic carbocycles. The van der Waals surface area contributed by atoms with Gasteiger partial charge in [-0.25, -0.2) is 14.4 Å². The summed E-state index contributed by atoms with van der Waals surface area (Å²) in [6.07, 6.45) is 9.96. The van der Waals surface area contributed by atoms with Crippen LogP contribution in [-0.2, 0) is 28.6 Å². The molecule has 6 rings (SSSR count). The number of aliphatic hydroxyl groups is 1. The van der Waals surface area contributed by atoms with Gasteiger partial charge in [-0.2, -0.15) is 0 Å². The summed E-state index contributed by atoms with van der Waals surface area (Å²) in [7, 11) is 0. The number of carbonyl (C=O) groups is 3. The Bertz CT molecular complexity index is 1180. The van der Waals surface area contributed by atoms with E-state index in [1.54, 1.807) is 6.92 Å². The molecule has 44 heavy (non-hydrogen) atoms. The van der Waals surface area contributed by atoms with Crippen LogP contribution >= 0.6 is 98.4 Å². The molecule has 6 aliphatic rings. The van der Waals surface area contributed by atoms with Gasteiger partial charge in [-0.3, -0.25) is 0 Å². The van der Waals surface area contributed by atoms with Crippen molar-refractivity contribution in [3.8, 4) is 0 Å². The maximum absolute atomic E-state index is 11.2. The van der Waals surface area contributed by atoms with Gasteiger partial charge in [0.15, 0.2) is 0 Å². The fourth-order valence-electron chi connectivity index (χ4n) is 6.01. The minimum Gasteiger partial charge on any atom is -0.870 e. The van der Waals surface area contributed by atoms with E-state index in [1.807, 2.05) is 19.9 Å². The maximum Gasteiger partial charge on any atom is 1.00 e. The summed E-state index contributed by atoms with van der Waals surface area (Å²) in [5.41, 5.74) is 5.46. The fraction of sp³-hybridized carbons (Fsp3) is 0.633. The van der Waals surface area contributed by atoms with Gasteiger partial charge in [0.05, 0.1) is 0 Å². The maximum atomic E-state index is 11.2. The van der Waals surface area contributed by atoms with E-state index in [1.165, 1.54) is 12.0 Å². The first-order valence-electron chi connectivity index (χ1n) is 14.0. The predicted octanol–water partition coefficient (Wildman–Crippen LogP) is 6.94. The summed E-state index contributed by atoms with van der Waals surface area (Å²) in [5.74, 6) is 0.614. The van der Waals surface area contributed by atoms with E-state index in [-0.39, 0.29) is 56.3 Å². The number of rotatable bonds is 0. The van der Waals surface area contributed by atoms with Gasteiger partial charge in [-0.15, -0.1) is 24.0 Å². The van der Waals surface area contributed by atoms with Crippen LogP contribution in [0.15, 0.2) is 45.3 Å². The van der Waals surface area contributed by atoms with Crippen LogP contribution in [0.25, 0.3) is 0 Å². The zero-order valence-corrected chi connectivity index (χ0v) is 38.8. The van der Waals surface area contributed by atoms with E-state index < -0.39 is 5.79 Å². The third-order valence-corrected chi connectivity index (χ3v) is 8.50. The summed E-state index contributed by atoms with van der Waals surface area (Å²) in [6, 6.07) is 0. The summed E-state index contributed by atoms with van der Waals surface area (Å²) in [4.78, 5) is 33.5. The Labute approximate surface area is 334 Å². The summed E-state index contributed by atoms with van der Waals surface area (Å²) < 4.78 is 15.3. The molecule has 2 N–H and O–H groups in total. The third-order valence-electron chi connectivity index (χ3n) is 8.50. The largest absolute Gasteiger partial charge is 1.00 e. The first-order valence-corrected chi connectivity index (χ1v) is 32.9. The van der Waals surface area contributed by atoms with Gasteiger partial charge in [-0.05, 0) is 95.1 Å². The van der Waals surface area contributed by atoms with Crippen LogP contribution in [0, 0.1) is 17.8 Å². The van der Waals surface area contributed by atoms with E-state index in [4.69, 9.17) is 14.2 Å². The number of allylic oxidation sites excluding steroid dienone is 2. The van der Waals surface area contributed by atoms with Crippen molar-refractivity contribution in [2.24, 2.45) is 17.8 Å². The van der Waals surface area contributed by atoms with E-state index >= 15 is 0 Å². The normalized spacial score (nSPS) is 29.4. The molecule has 3 heterocycles. The van der Waals surface area contributed by atoms with Gasteiger partial charge in [0, 0.05) is 72.9 Å². The molecule has 2 saturated carbocycles. The average Bonchev–Trinajstić information content (AvgIpc) is 3.46. The van der Waals surface area contributed by atoms with Crippen molar-refractivity contribution in [1.29, 1.82) is 0 Å². The molecule has 0 aromatic heterocycles. The zero-order valence-electron chi connectivity index (χ0n) is 26.7. The number of esters is 3. The van der Waals surface area contributed by atoms with E-state index in [9.17, 15) is 19.5 Å². The Morgan fingerprint density at radius 2 is 1.50 bits per heavy atom. The van der Waals surface area contributed by atoms with E-state index in [0.717, 1.165) is 66.6 Å². The molecule has 0 amide bonds. The second-order valence-electron chi connectivity index (χ2n) is 11.6. The quantitative estimate of drug-likeness (QED) is 0.157. The van der Waals surface area contributed by atoms with Crippen molar-refractivity contribution in [3.05, 3.63) is 45.3 Å². The first-order chi connectivity index (χ1) is 19.8. The number of hydrogen-bond donors (Lipinski definition) is 1. The topological polar surface area (TPSA) is 129 Å². The molecule has 0 radical (unpaired) electrons. The third kappa shape index (κ3) is 12.2. The standard InChI is InChI=1S/C10H14O3.C10H14O2.C10H12O2.I3.I2.HI.H2O.H2/c1-6-3-4-8-7(2)9(11)13-10(8,12)5-6;2*1-6-3-4-8-7(2)10(11)12-9(8)5-6;1-3-2;1-2;;;/h6,12H,3-5H2,1-2H3;6,9H,3-5H2,1-2H3;5-6H,3-4H2,1-2H3;;;1H;1H2;1H/q;;;-1;;;;. The molecule has 8 nitrogen and oxygen atoms in total. The summed E-state index contributed by atoms with van der Waals surface area (Å²) >= 11 is 9.54. The molecule has 0 aromatic rings. The molecule has 0 saturated heterocycles. The summed E-state index contributed by atoms with van der Waals surface area (Å²) in [5, 5.41) is 10.0. The predicted molar refractivity (Wildman–Crippen MR) is 214 cm³/mol. The average molecular weight is 1300 g/mol. The SMILES string of the molecule is CC1=C2CCC(C)C=C2OC1=O.CC1=C2CCC(C)CC2(O)OC1=O.CC1=C2CCC(C)CC2OC1=O.I.II.I[I-]I.[H+].[HH].[OH-]. The van der Waals surface area contributed by atoms with Crippen molar-refractivity contribution in [1.82, 2.24) is 0 Å².